The Labute approximate surface area is 216 Å². The second-order valence-corrected chi connectivity index (χ2v) is 11.3. The van der Waals surface area contributed by atoms with E-state index in [-0.39, 0.29) is 27.5 Å². The van der Waals surface area contributed by atoms with Crippen LogP contribution < -0.4 is 10.4 Å². The molecule has 1 atom stereocenters. The molecule has 1 aliphatic heterocycles. The first kappa shape index (κ1) is 25.2. The number of aliphatic imine (C=N–C) groups is 1. The van der Waals surface area contributed by atoms with Crippen LogP contribution in [0.5, 0.6) is 0 Å². The van der Waals surface area contributed by atoms with Crippen molar-refractivity contribution in [2.24, 2.45) is 4.99 Å². The van der Waals surface area contributed by atoms with Gasteiger partial charge in [0.15, 0.2) is 0 Å². The Bertz CT molecular complexity index is 1450. The molecule has 6 nitrogen and oxygen atoms in total. The van der Waals surface area contributed by atoms with Gasteiger partial charge in [-0.1, -0.05) is 41.3 Å². The molecule has 1 aliphatic rings. The molecule has 0 radical (unpaired) electrons. The van der Waals surface area contributed by atoms with Crippen LogP contribution in [0.15, 0.2) is 65.3 Å². The average Bonchev–Trinajstić information content (AvgIpc) is 3.48. The molecular weight excluding hydrogens is 526 g/mol. The highest BCUT2D eigenvalue weighted by Gasteiger charge is 2.31. The minimum absolute atomic E-state index is 0.0000793. The first-order valence-corrected chi connectivity index (χ1v) is 13.7. The Kier molecular flexibility index (Phi) is 7.81. The minimum Gasteiger partial charge on any atom is -0.477 e. The van der Waals surface area contributed by atoms with Gasteiger partial charge in [-0.3, -0.25) is 9.56 Å². The first-order valence-electron chi connectivity index (χ1n) is 10.5. The topological polar surface area (TPSA) is 88.0 Å². The molecule has 0 bridgehead atoms. The van der Waals surface area contributed by atoms with E-state index in [1.165, 1.54) is 12.1 Å². The van der Waals surface area contributed by atoms with Gasteiger partial charge in [0.05, 0.1) is 22.6 Å². The second kappa shape index (κ2) is 10.8. The summed E-state index contributed by atoms with van der Waals surface area (Å²) in [7, 11) is -3.76. The minimum atomic E-state index is -3.76. The summed E-state index contributed by atoms with van der Waals surface area (Å²) >= 11 is 13.3. The number of halogens is 2. The van der Waals surface area contributed by atoms with Crippen molar-refractivity contribution in [3.05, 3.63) is 80.8 Å². The van der Waals surface area contributed by atoms with Crippen molar-refractivity contribution in [2.45, 2.75) is 13.3 Å². The van der Waals surface area contributed by atoms with E-state index in [4.69, 9.17) is 27.7 Å². The molecule has 3 aromatic rings. The zero-order chi connectivity index (χ0) is 25.0. The predicted molar refractivity (Wildman–Crippen MR) is 144 cm³/mol. The maximum atomic E-state index is 13.8. The lowest BCUT2D eigenvalue weighted by Crippen LogP contribution is -2.16. The van der Waals surface area contributed by atoms with Gasteiger partial charge in [0.25, 0.3) is 0 Å². The van der Waals surface area contributed by atoms with E-state index in [0.717, 1.165) is 34.6 Å². The molecule has 0 saturated carbocycles. The number of aromatic carboxylic acids is 1. The standard InChI is InChI=1S/C25H19Cl2N2O4PS/c1-2-33-34(32,22-12-10-18(26)14-20(22)27)29-21-15-23(35-24(21)25(30)31)17-8-5-16(6-9-17)7-11-19-4-3-13-28-19/h4-6,8-10,12-15H,2-3H2,1H3,(H,29,32)(H,30,31). The normalized spacial score (nSPS) is 14.1. The summed E-state index contributed by atoms with van der Waals surface area (Å²) < 4.78 is 19.4. The maximum Gasteiger partial charge on any atom is 0.348 e. The van der Waals surface area contributed by atoms with Crippen LogP contribution in [-0.4, -0.2) is 23.9 Å². The molecule has 0 saturated heterocycles. The van der Waals surface area contributed by atoms with E-state index in [1.54, 1.807) is 25.3 Å². The van der Waals surface area contributed by atoms with Crippen molar-refractivity contribution in [1.82, 2.24) is 0 Å². The third kappa shape index (κ3) is 5.87. The van der Waals surface area contributed by atoms with Crippen molar-refractivity contribution in [3.8, 4) is 22.3 Å². The maximum absolute atomic E-state index is 13.8. The van der Waals surface area contributed by atoms with Crippen molar-refractivity contribution in [2.75, 3.05) is 11.7 Å². The molecule has 2 N–H and O–H groups in total. The van der Waals surface area contributed by atoms with Gasteiger partial charge in [-0.15, -0.1) is 11.3 Å². The Balaban J connectivity index is 1.66. The Hall–Kier alpha value is -2.85. The molecule has 4 rings (SSSR count). The van der Waals surface area contributed by atoms with E-state index in [0.29, 0.717) is 9.90 Å². The van der Waals surface area contributed by atoms with Crippen LogP contribution in [0.4, 0.5) is 5.69 Å². The summed E-state index contributed by atoms with van der Waals surface area (Å²) in [5.74, 6) is 4.92. The van der Waals surface area contributed by atoms with E-state index < -0.39 is 13.5 Å². The summed E-state index contributed by atoms with van der Waals surface area (Å²) in [5.41, 5.74) is 2.53. The van der Waals surface area contributed by atoms with Gasteiger partial charge >= 0.3 is 13.5 Å². The van der Waals surface area contributed by atoms with Gasteiger partial charge in [-0.2, -0.15) is 0 Å². The van der Waals surface area contributed by atoms with Crippen molar-refractivity contribution < 1.29 is 19.0 Å². The van der Waals surface area contributed by atoms with Crippen molar-refractivity contribution in [1.29, 1.82) is 0 Å². The monoisotopic (exact) mass is 544 g/mol. The number of nitrogens with zero attached hydrogens (tertiary/aromatic N) is 1. The number of allylic oxidation sites excluding steroid dienone is 2. The van der Waals surface area contributed by atoms with Crippen LogP contribution in [0.3, 0.4) is 0 Å². The number of hydrogen-bond donors (Lipinski definition) is 2. The number of carbonyl (C=O) groups is 1. The molecule has 0 fully saturated rings. The Morgan fingerprint density at radius 2 is 1.97 bits per heavy atom. The highest BCUT2D eigenvalue weighted by Crippen LogP contribution is 2.50. The van der Waals surface area contributed by atoms with Gasteiger partial charge in [-0.05, 0) is 60.9 Å². The molecule has 2 aromatic carbocycles. The van der Waals surface area contributed by atoms with E-state index in [9.17, 15) is 14.5 Å². The third-order valence-electron chi connectivity index (χ3n) is 4.88. The molecule has 2 heterocycles. The highest BCUT2D eigenvalue weighted by atomic mass is 35.5. The van der Waals surface area contributed by atoms with Gasteiger partial charge < -0.3 is 14.7 Å². The molecule has 1 unspecified atom stereocenters. The fraction of sp³-hybridized carbons (Fsp3) is 0.120. The summed E-state index contributed by atoms with van der Waals surface area (Å²) in [6.45, 7) is 1.81. The van der Waals surface area contributed by atoms with E-state index in [2.05, 4.69) is 21.9 Å². The van der Waals surface area contributed by atoms with Crippen LogP contribution >= 0.6 is 42.1 Å². The number of anilines is 1. The number of thiophene rings is 1. The third-order valence-corrected chi connectivity index (χ3v) is 8.92. The summed E-state index contributed by atoms with van der Waals surface area (Å²) in [5, 5.41) is 13.4. The molecule has 0 aliphatic carbocycles. The largest absolute Gasteiger partial charge is 0.477 e. The van der Waals surface area contributed by atoms with Crippen LogP contribution in [0, 0.1) is 11.8 Å². The number of hydrogen-bond acceptors (Lipinski definition) is 5. The number of nitrogens with one attached hydrogen (secondary N) is 1. The molecule has 0 spiro atoms. The van der Waals surface area contributed by atoms with Crippen LogP contribution in [0.25, 0.3) is 10.4 Å². The average molecular weight is 545 g/mol. The zero-order valence-corrected chi connectivity index (χ0v) is 21.6. The SMILES string of the molecule is CCOP(=O)(Nc1cc(-c2ccc(C#CC3=CCC=N3)cc2)sc1C(=O)O)c1ccc(Cl)cc1Cl. The smallest absolute Gasteiger partial charge is 0.348 e. The summed E-state index contributed by atoms with van der Waals surface area (Å²) in [6, 6.07) is 13.6. The summed E-state index contributed by atoms with van der Waals surface area (Å²) in [4.78, 5) is 16.8. The molecule has 1 aromatic heterocycles. The van der Waals surface area contributed by atoms with Crippen molar-refractivity contribution >= 4 is 65.2 Å². The molecule has 178 valence electrons. The number of carboxylic acid groups (broad SMARTS) is 1. The molecule has 35 heavy (non-hydrogen) atoms. The van der Waals surface area contributed by atoms with Gasteiger partial charge in [0.1, 0.15) is 10.6 Å². The molecule has 0 amide bonds. The fourth-order valence-electron chi connectivity index (χ4n) is 3.30. The van der Waals surface area contributed by atoms with E-state index in [1.807, 2.05) is 30.3 Å². The van der Waals surface area contributed by atoms with Gasteiger partial charge in [0.2, 0.25) is 0 Å². The van der Waals surface area contributed by atoms with Crippen LogP contribution in [0.1, 0.15) is 28.6 Å². The molecule has 10 heteroatoms. The Morgan fingerprint density at radius 3 is 2.60 bits per heavy atom. The lowest BCUT2D eigenvalue weighted by molar-refractivity contribution is 0.0703. The quantitative estimate of drug-likeness (QED) is 0.244. The lowest BCUT2D eigenvalue weighted by atomic mass is 10.1. The number of benzene rings is 2. The van der Waals surface area contributed by atoms with Crippen LogP contribution in [-0.2, 0) is 9.09 Å². The number of rotatable bonds is 7. The van der Waals surface area contributed by atoms with Crippen molar-refractivity contribution in [3.63, 3.8) is 0 Å². The zero-order valence-electron chi connectivity index (χ0n) is 18.4. The van der Waals surface area contributed by atoms with Gasteiger partial charge in [0, 0.05) is 28.1 Å². The van der Waals surface area contributed by atoms with Crippen LogP contribution in [0.2, 0.25) is 10.0 Å². The Morgan fingerprint density at radius 1 is 1.20 bits per heavy atom. The highest BCUT2D eigenvalue weighted by molar-refractivity contribution is 7.68. The van der Waals surface area contributed by atoms with E-state index >= 15 is 0 Å². The lowest BCUT2D eigenvalue weighted by Gasteiger charge is -2.21. The predicted octanol–water partition coefficient (Wildman–Crippen LogP) is 7.10. The van der Waals surface area contributed by atoms with Gasteiger partial charge in [-0.25, -0.2) is 4.79 Å². The summed E-state index contributed by atoms with van der Waals surface area (Å²) in [6.07, 6.45) is 4.55. The second-order valence-electron chi connectivity index (χ2n) is 7.30. The number of carboxylic acids is 1. The first-order chi connectivity index (χ1) is 16.8. The molecular formula is C25H19Cl2N2O4PS. The fourth-order valence-corrected chi connectivity index (χ4v) is 6.88.